The Kier molecular flexibility index (Phi) is 2.94. The lowest BCUT2D eigenvalue weighted by atomic mass is 10.2. The van der Waals surface area contributed by atoms with Crippen molar-refractivity contribution in [3.8, 4) is 0 Å². The first-order valence-corrected chi connectivity index (χ1v) is 2.49. The SMILES string of the molecule is [O]C(C(F)F)C(F)(F)C(F)(F)F. The fraction of sp³-hybridized carbons (Fsp3) is 1.00. The third-order valence-corrected chi connectivity index (χ3v) is 0.964. The van der Waals surface area contributed by atoms with E-state index >= 15 is 0 Å². The summed E-state index contributed by atoms with van der Waals surface area (Å²) < 4.78 is 79.1. The zero-order valence-corrected chi connectivity index (χ0v) is 5.21. The maximum Gasteiger partial charge on any atom is 0.456 e. The van der Waals surface area contributed by atoms with Crippen molar-refractivity contribution in [2.45, 2.75) is 24.6 Å². The Morgan fingerprint density at radius 3 is 1.33 bits per heavy atom. The van der Waals surface area contributed by atoms with E-state index in [9.17, 15) is 35.8 Å². The first-order valence-electron chi connectivity index (χ1n) is 2.49. The Balaban J connectivity index is 4.61. The molecule has 0 aromatic carbocycles. The van der Waals surface area contributed by atoms with Crippen LogP contribution in [0.2, 0.25) is 0 Å². The minimum absolute atomic E-state index is 4.25. The maximum absolute atomic E-state index is 11.7. The molecule has 0 spiro atoms. The summed E-state index contributed by atoms with van der Waals surface area (Å²) in [6.07, 6.45) is -14.7. The van der Waals surface area contributed by atoms with Gasteiger partial charge in [0, 0.05) is 0 Å². The van der Waals surface area contributed by atoms with Crippen molar-refractivity contribution in [1.29, 1.82) is 0 Å². The van der Waals surface area contributed by atoms with Crippen LogP contribution in [-0.2, 0) is 5.11 Å². The van der Waals surface area contributed by atoms with Crippen LogP contribution < -0.4 is 0 Å². The normalized spacial score (nSPS) is 16.8. The Labute approximate surface area is 61.8 Å². The van der Waals surface area contributed by atoms with Gasteiger partial charge in [-0.2, -0.15) is 22.0 Å². The van der Waals surface area contributed by atoms with Gasteiger partial charge in [0.15, 0.2) is 0 Å². The molecule has 0 aliphatic rings. The highest BCUT2D eigenvalue weighted by molar-refractivity contribution is 4.85. The monoisotopic (exact) mass is 199 g/mol. The Morgan fingerprint density at radius 2 is 1.25 bits per heavy atom. The fourth-order valence-corrected chi connectivity index (χ4v) is 0.320. The number of hydrogen-bond donors (Lipinski definition) is 0. The third-order valence-electron chi connectivity index (χ3n) is 0.964. The van der Waals surface area contributed by atoms with Crippen LogP contribution in [0.15, 0.2) is 0 Å². The van der Waals surface area contributed by atoms with Crippen LogP contribution in [0.4, 0.5) is 30.7 Å². The van der Waals surface area contributed by atoms with E-state index in [-0.39, 0.29) is 0 Å². The van der Waals surface area contributed by atoms with Crippen LogP contribution in [0.1, 0.15) is 0 Å². The summed E-state index contributed by atoms with van der Waals surface area (Å²) in [6, 6.07) is 0. The maximum atomic E-state index is 11.7. The number of halogens is 7. The van der Waals surface area contributed by atoms with E-state index in [2.05, 4.69) is 0 Å². The van der Waals surface area contributed by atoms with E-state index in [0.717, 1.165) is 0 Å². The molecule has 1 radical (unpaired) electrons. The van der Waals surface area contributed by atoms with E-state index in [1.807, 2.05) is 0 Å². The molecule has 1 nitrogen and oxygen atoms in total. The third kappa shape index (κ3) is 1.99. The van der Waals surface area contributed by atoms with Crippen LogP contribution in [-0.4, -0.2) is 24.6 Å². The largest absolute Gasteiger partial charge is 0.456 e. The van der Waals surface area contributed by atoms with Gasteiger partial charge in [0.2, 0.25) is 6.10 Å². The van der Waals surface area contributed by atoms with Gasteiger partial charge in [-0.05, 0) is 0 Å². The molecule has 0 fully saturated rings. The van der Waals surface area contributed by atoms with Gasteiger partial charge in [-0.1, -0.05) is 0 Å². The van der Waals surface area contributed by atoms with Crippen LogP contribution in [0.25, 0.3) is 0 Å². The summed E-state index contributed by atoms with van der Waals surface area (Å²) in [7, 11) is 0. The lowest BCUT2D eigenvalue weighted by Gasteiger charge is -2.22. The van der Waals surface area contributed by atoms with Gasteiger partial charge in [-0.3, -0.25) is 0 Å². The number of alkyl halides is 7. The molecule has 73 valence electrons. The molecule has 0 aliphatic carbocycles. The van der Waals surface area contributed by atoms with Gasteiger partial charge in [0.05, 0.1) is 0 Å². The minimum Gasteiger partial charge on any atom is -0.220 e. The highest BCUT2D eigenvalue weighted by Crippen LogP contribution is 2.39. The molecule has 0 saturated heterocycles. The molecule has 8 heteroatoms. The van der Waals surface area contributed by atoms with Crippen molar-refractivity contribution in [3.63, 3.8) is 0 Å². The van der Waals surface area contributed by atoms with Crippen molar-refractivity contribution in [1.82, 2.24) is 0 Å². The van der Waals surface area contributed by atoms with Crippen LogP contribution in [0, 0.1) is 0 Å². The van der Waals surface area contributed by atoms with E-state index in [0.29, 0.717) is 0 Å². The van der Waals surface area contributed by atoms with Crippen molar-refractivity contribution < 1.29 is 35.8 Å². The molecule has 0 rings (SSSR count). The molecule has 0 bridgehead atoms. The molecular formula is C4H2F7O. The highest BCUT2D eigenvalue weighted by Gasteiger charge is 2.65. The summed E-state index contributed by atoms with van der Waals surface area (Å²) >= 11 is 0. The minimum atomic E-state index is -6.23. The Bertz CT molecular complexity index is 150. The molecule has 0 aromatic rings. The lowest BCUT2D eigenvalue weighted by Crippen LogP contribution is -2.49. The van der Waals surface area contributed by atoms with E-state index in [1.54, 1.807) is 0 Å². The van der Waals surface area contributed by atoms with E-state index in [4.69, 9.17) is 0 Å². The zero-order valence-electron chi connectivity index (χ0n) is 5.21. The molecule has 0 saturated carbocycles. The number of rotatable bonds is 2. The average Bonchev–Trinajstić information content (AvgIpc) is 1.83. The summed E-state index contributed by atoms with van der Waals surface area (Å²) in [4.78, 5) is 0. The van der Waals surface area contributed by atoms with Gasteiger partial charge >= 0.3 is 12.1 Å². The fourth-order valence-electron chi connectivity index (χ4n) is 0.320. The molecule has 0 heterocycles. The second-order valence-electron chi connectivity index (χ2n) is 1.88. The molecule has 1 atom stereocenters. The molecule has 0 aromatic heterocycles. The molecule has 12 heavy (non-hydrogen) atoms. The quantitative estimate of drug-likeness (QED) is 0.608. The summed E-state index contributed by atoms with van der Waals surface area (Å²) in [5.41, 5.74) is 0. The topological polar surface area (TPSA) is 19.9 Å². The van der Waals surface area contributed by atoms with Crippen molar-refractivity contribution >= 4 is 0 Å². The molecule has 0 amide bonds. The number of hydrogen-bond acceptors (Lipinski definition) is 0. The van der Waals surface area contributed by atoms with Crippen molar-refractivity contribution in [2.75, 3.05) is 0 Å². The van der Waals surface area contributed by atoms with Gasteiger partial charge in [0.25, 0.3) is 6.43 Å². The molecule has 0 aliphatic heterocycles. The first-order chi connectivity index (χ1) is 5.10. The summed E-state index contributed by atoms with van der Waals surface area (Å²) in [5.74, 6) is -5.89. The predicted octanol–water partition coefficient (Wildman–Crippen LogP) is 2.25. The van der Waals surface area contributed by atoms with Crippen molar-refractivity contribution in [2.24, 2.45) is 0 Å². The van der Waals surface area contributed by atoms with Crippen LogP contribution in [0.5, 0.6) is 0 Å². The van der Waals surface area contributed by atoms with Gasteiger partial charge in [-0.15, -0.1) is 0 Å². The van der Waals surface area contributed by atoms with Crippen LogP contribution in [0.3, 0.4) is 0 Å². The lowest BCUT2D eigenvalue weighted by molar-refractivity contribution is -0.334. The summed E-state index contributed by atoms with van der Waals surface area (Å²) in [6.45, 7) is 0. The smallest absolute Gasteiger partial charge is 0.220 e. The highest BCUT2D eigenvalue weighted by atomic mass is 19.4. The Hall–Kier alpha value is -0.530. The van der Waals surface area contributed by atoms with Crippen LogP contribution >= 0.6 is 0 Å². The van der Waals surface area contributed by atoms with Gasteiger partial charge < -0.3 is 0 Å². The standard InChI is InChI=1S/C4H2F7O/c5-2(6)1(12)3(7,8)4(9,10)11/h1-2H. The average molecular weight is 199 g/mol. The van der Waals surface area contributed by atoms with E-state index in [1.165, 1.54) is 0 Å². The van der Waals surface area contributed by atoms with E-state index < -0.39 is 24.6 Å². The molecular weight excluding hydrogens is 197 g/mol. The second-order valence-corrected chi connectivity index (χ2v) is 1.88. The predicted molar refractivity (Wildman–Crippen MR) is 21.5 cm³/mol. The van der Waals surface area contributed by atoms with Crippen molar-refractivity contribution in [3.05, 3.63) is 0 Å². The summed E-state index contributed by atoms with van der Waals surface area (Å²) in [5, 5.41) is 9.67. The zero-order chi connectivity index (χ0) is 10.2. The molecule has 1 unspecified atom stereocenters. The van der Waals surface area contributed by atoms with Gasteiger partial charge in [-0.25, -0.2) is 13.9 Å². The first kappa shape index (κ1) is 11.5. The second kappa shape index (κ2) is 3.08. The Morgan fingerprint density at radius 1 is 0.917 bits per heavy atom. The molecule has 0 N–H and O–H groups in total. The van der Waals surface area contributed by atoms with Gasteiger partial charge in [0.1, 0.15) is 0 Å².